The average molecular weight is 265 g/mol. The summed E-state index contributed by atoms with van der Waals surface area (Å²) in [6.45, 7) is 2.15. The number of aromatic nitrogens is 1. The van der Waals surface area contributed by atoms with Crippen LogP contribution in [0.3, 0.4) is 0 Å². The molecule has 1 fully saturated rings. The number of hydrogen-bond donors (Lipinski definition) is 1. The zero-order valence-corrected chi connectivity index (χ0v) is 10.9. The molecule has 1 unspecified atom stereocenters. The number of nitrogens with zero attached hydrogens (tertiary/aromatic N) is 2. The van der Waals surface area contributed by atoms with Gasteiger partial charge < -0.3 is 5.73 Å². The van der Waals surface area contributed by atoms with Crippen molar-refractivity contribution in [1.29, 1.82) is 0 Å². The molecule has 0 spiro atoms. The van der Waals surface area contributed by atoms with Crippen molar-refractivity contribution in [3.63, 3.8) is 0 Å². The number of carbonyl (C=O) groups excluding carboxylic acids is 2. The molecule has 1 aliphatic rings. The highest BCUT2D eigenvalue weighted by atomic mass is 32.2. The first-order valence-electron chi connectivity index (χ1n) is 5.72. The number of rotatable bonds is 3. The standard InChI is InChI=1S/C12H15N3O2S/c1-8(16)18-7-9-5-12(17)15(6-9)11-4-2-3-10(13)14-11/h2-4,9H,5-7H2,1H3,(H2,13,14). The number of thioether (sulfide) groups is 1. The first-order chi connectivity index (χ1) is 8.56. The minimum absolute atomic E-state index is 0.0438. The van der Waals surface area contributed by atoms with Gasteiger partial charge in [-0.25, -0.2) is 4.98 Å². The van der Waals surface area contributed by atoms with Gasteiger partial charge in [-0.1, -0.05) is 17.8 Å². The van der Waals surface area contributed by atoms with Gasteiger partial charge >= 0.3 is 0 Å². The Morgan fingerprint density at radius 1 is 1.61 bits per heavy atom. The van der Waals surface area contributed by atoms with Crippen LogP contribution >= 0.6 is 11.8 Å². The van der Waals surface area contributed by atoms with Gasteiger partial charge in [0, 0.05) is 25.6 Å². The van der Waals surface area contributed by atoms with Gasteiger partial charge in [0.2, 0.25) is 5.91 Å². The van der Waals surface area contributed by atoms with Gasteiger partial charge in [-0.2, -0.15) is 0 Å². The van der Waals surface area contributed by atoms with E-state index < -0.39 is 0 Å². The molecule has 0 aromatic carbocycles. The zero-order valence-electron chi connectivity index (χ0n) is 10.1. The molecule has 2 heterocycles. The lowest BCUT2D eigenvalue weighted by molar-refractivity contribution is -0.117. The fourth-order valence-electron chi connectivity index (χ4n) is 1.94. The van der Waals surface area contributed by atoms with Crippen molar-refractivity contribution in [2.75, 3.05) is 22.9 Å². The Morgan fingerprint density at radius 3 is 3.06 bits per heavy atom. The van der Waals surface area contributed by atoms with Gasteiger partial charge in [-0.3, -0.25) is 14.5 Å². The van der Waals surface area contributed by atoms with E-state index in [9.17, 15) is 9.59 Å². The topological polar surface area (TPSA) is 76.3 Å². The van der Waals surface area contributed by atoms with Crippen molar-refractivity contribution in [2.24, 2.45) is 5.92 Å². The van der Waals surface area contributed by atoms with Crippen LogP contribution in [0.2, 0.25) is 0 Å². The normalized spacial score (nSPS) is 19.3. The molecule has 0 bridgehead atoms. The van der Waals surface area contributed by atoms with E-state index in [4.69, 9.17) is 5.73 Å². The largest absolute Gasteiger partial charge is 0.384 e. The number of carbonyl (C=O) groups is 2. The maximum Gasteiger partial charge on any atom is 0.228 e. The van der Waals surface area contributed by atoms with Crippen LogP contribution in [0.5, 0.6) is 0 Å². The van der Waals surface area contributed by atoms with Crippen LogP contribution in [0.1, 0.15) is 13.3 Å². The lowest BCUT2D eigenvalue weighted by Gasteiger charge is -2.15. The average Bonchev–Trinajstić information content (AvgIpc) is 2.68. The summed E-state index contributed by atoms with van der Waals surface area (Å²) < 4.78 is 0. The summed E-state index contributed by atoms with van der Waals surface area (Å²) >= 11 is 1.27. The number of anilines is 2. The molecule has 1 aromatic heterocycles. The van der Waals surface area contributed by atoms with Gasteiger partial charge in [0.1, 0.15) is 11.6 Å². The molecule has 1 aliphatic heterocycles. The molecule has 1 aromatic rings. The number of pyridine rings is 1. The highest BCUT2D eigenvalue weighted by Crippen LogP contribution is 2.26. The summed E-state index contributed by atoms with van der Waals surface area (Å²) in [5.74, 6) is 1.92. The molecule has 1 saturated heterocycles. The molecular formula is C12H15N3O2S. The monoisotopic (exact) mass is 265 g/mol. The van der Waals surface area contributed by atoms with Crippen LogP contribution in [0, 0.1) is 5.92 Å². The zero-order chi connectivity index (χ0) is 13.1. The van der Waals surface area contributed by atoms with Crippen molar-refractivity contribution in [3.05, 3.63) is 18.2 Å². The molecule has 1 amide bonds. The lowest BCUT2D eigenvalue weighted by atomic mass is 10.1. The van der Waals surface area contributed by atoms with Crippen LogP contribution in [0.4, 0.5) is 11.6 Å². The van der Waals surface area contributed by atoms with Gasteiger partial charge in [-0.05, 0) is 18.1 Å². The SMILES string of the molecule is CC(=O)SCC1CC(=O)N(c2cccc(N)n2)C1. The predicted octanol–water partition coefficient (Wildman–Crippen LogP) is 1.30. The second kappa shape index (κ2) is 5.39. The van der Waals surface area contributed by atoms with Crippen molar-refractivity contribution in [1.82, 2.24) is 4.98 Å². The first-order valence-corrected chi connectivity index (χ1v) is 6.71. The van der Waals surface area contributed by atoms with Crippen LogP contribution < -0.4 is 10.6 Å². The highest BCUT2D eigenvalue weighted by Gasteiger charge is 2.31. The van der Waals surface area contributed by atoms with Gasteiger partial charge in [0.25, 0.3) is 0 Å². The van der Waals surface area contributed by atoms with Crippen molar-refractivity contribution in [3.8, 4) is 0 Å². The number of hydrogen-bond acceptors (Lipinski definition) is 5. The van der Waals surface area contributed by atoms with Crippen molar-refractivity contribution >= 4 is 34.4 Å². The Kier molecular flexibility index (Phi) is 3.86. The van der Waals surface area contributed by atoms with E-state index in [0.29, 0.717) is 30.4 Å². The van der Waals surface area contributed by atoms with Crippen molar-refractivity contribution in [2.45, 2.75) is 13.3 Å². The van der Waals surface area contributed by atoms with E-state index in [1.807, 2.05) is 0 Å². The molecule has 2 N–H and O–H groups in total. The fourth-order valence-corrected chi connectivity index (χ4v) is 2.63. The second-order valence-corrected chi connectivity index (χ2v) is 5.49. The Hall–Kier alpha value is -1.56. The van der Waals surface area contributed by atoms with E-state index in [1.54, 1.807) is 30.0 Å². The third-order valence-electron chi connectivity index (χ3n) is 2.76. The van der Waals surface area contributed by atoms with E-state index in [1.165, 1.54) is 11.8 Å². The summed E-state index contributed by atoms with van der Waals surface area (Å²) in [6, 6.07) is 5.24. The van der Waals surface area contributed by atoms with Gasteiger partial charge in [-0.15, -0.1) is 0 Å². The molecule has 6 heteroatoms. The Balaban J connectivity index is 2.03. The summed E-state index contributed by atoms with van der Waals surface area (Å²) in [5, 5.41) is 0.0861. The molecular weight excluding hydrogens is 250 g/mol. The van der Waals surface area contributed by atoms with Crippen LogP contribution in [0.25, 0.3) is 0 Å². The summed E-state index contributed by atoms with van der Waals surface area (Å²) in [4.78, 5) is 28.6. The van der Waals surface area contributed by atoms with Crippen LogP contribution in [-0.4, -0.2) is 28.3 Å². The summed E-state index contributed by atoms with van der Waals surface area (Å²) in [5.41, 5.74) is 5.61. The molecule has 96 valence electrons. The smallest absolute Gasteiger partial charge is 0.228 e. The van der Waals surface area contributed by atoms with Gasteiger partial charge in [0.05, 0.1) is 0 Å². The van der Waals surface area contributed by atoms with E-state index in [0.717, 1.165) is 0 Å². The number of amides is 1. The van der Waals surface area contributed by atoms with E-state index in [-0.39, 0.29) is 16.9 Å². The lowest BCUT2D eigenvalue weighted by Crippen LogP contribution is -2.25. The van der Waals surface area contributed by atoms with Crippen LogP contribution in [-0.2, 0) is 9.59 Å². The van der Waals surface area contributed by atoms with Crippen LogP contribution in [0.15, 0.2) is 18.2 Å². The summed E-state index contributed by atoms with van der Waals surface area (Å²) in [6.07, 6.45) is 0.469. The van der Waals surface area contributed by atoms with E-state index >= 15 is 0 Å². The molecule has 0 saturated carbocycles. The Bertz CT molecular complexity index is 478. The molecule has 18 heavy (non-hydrogen) atoms. The number of nitrogens with two attached hydrogens (primary N) is 1. The Labute approximate surface area is 110 Å². The minimum Gasteiger partial charge on any atom is -0.384 e. The quantitative estimate of drug-likeness (QED) is 0.891. The molecule has 0 radical (unpaired) electrons. The third kappa shape index (κ3) is 3.01. The Morgan fingerprint density at radius 2 is 2.39 bits per heavy atom. The molecule has 1 atom stereocenters. The molecule has 0 aliphatic carbocycles. The molecule has 2 rings (SSSR count). The number of nitrogen functional groups attached to an aromatic ring is 1. The fraction of sp³-hybridized carbons (Fsp3) is 0.417. The minimum atomic E-state index is 0.0438. The predicted molar refractivity (Wildman–Crippen MR) is 72.2 cm³/mol. The maximum absolute atomic E-state index is 11.9. The summed E-state index contributed by atoms with van der Waals surface area (Å²) in [7, 11) is 0. The highest BCUT2D eigenvalue weighted by molar-refractivity contribution is 8.13. The third-order valence-corrected chi connectivity index (χ3v) is 3.80. The van der Waals surface area contributed by atoms with Crippen molar-refractivity contribution < 1.29 is 9.59 Å². The first kappa shape index (κ1) is 12.9. The van der Waals surface area contributed by atoms with Gasteiger partial charge in [0.15, 0.2) is 5.12 Å². The second-order valence-electron chi connectivity index (χ2n) is 4.30. The van der Waals surface area contributed by atoms with E-state index in [2.05, 4.69) is 4.98 Å². The maximum atomic E-state index is 11.9. The molecule has 5 nitrogen and oxygen atoms in total.